The Balaban J connectivity index is 0.000000963. The fourth-order valence-electron chi connectivity index (χ4n) is 2.38. The minimum atomic E-state index is 0. The number of benzene rings is 1. The van der Waals surface area contributed by atoms with Crippen molar-refractivity contribution in [2.75, 3.05) is 12.8 Å². The summed E-state index contributed by atoms with van der Waals surface area (Å²) in [5.41, 5.74) is 2.84. The Bertz CT molecular complexity index is 474. The molecule has 86 valence electrons. The fourth-order valence-corrected chi connectivity index (χ4v) is 3.19. The van der Waals surface area contributed by atoms with Gasteiger partial charge in [0.25, 0.3) is 0 Å². The molecule has 2 nitrogen and oxygen atoms in total. The van der Waals surface area contributed by atoms with E-state index in [2.05, 4.69) is 40.4 Å². The summed E-state index contributed by atoms with van der Waals surface area (Å²) in [6, 6.07) is 8.71. The summed E-state index contributed by atoms with van der Waals surface area (Å²) in [6.45, 7) is 3.18. The van der Waals surface area contributed by atoms with Gasteiger partial charge in [0.05, 0.1) is 0 Å². The molecule has 1 aromatic heterocycles. The lowest BCUT2D eigenvalue weighted by Gasteiger charge is -2.18. The highest BCUT2D eigenvalue weighted by atomic mass is 35.5. The third kappa shape index (κ3) is 1.63. The molecule has 0 saturated heterocycles. The summed E-state index contributed by atoms with van der Waals surface area (Å²) in [5.74, 6) is 0. The maximum absolute atomic E-state index is 3.44. The molecule has 0 aliphatic carbocycles. The zero-order chi connectivity index (χ0) is 10.3. The second kappa shape index (κ2) is 4.70. The third-order valence-corrected chi connectivity index (χ3v) is 3.90. The Hall–Kier alpha value is -0.640. The van der Waals surface area contributed by atoms with Crippen LogP contribution in [0.2, 0.25) is 0 Å². The fraction of sp³-hybridized carbons (Fsp3) is 0.333. The van der Waals surface area contributed by atoms with Gasteiger partial charge in [-0.2, -0.15) is 0 Å². The zero-order valence-electron chi connectivity index (χ0n) is 9.19. The molecule has 1 aliphatic rings. The van der Waals surface area contributed by atoms with Crippen molar-refractivity contribution in [1.29, 1.82) is 0 Å². The Kier molecular flexibility index (Phi) is 3.47. The predicted octanol–water partition coefficient (Wildman–Crippen LogP) is 2.89. The molecule has 0 radical (unpaired) electrons. The number of aromatic nitrogens is 1. The quantitative estimate of drug-likeness (QED) is 0.789. The lowest BCUT2D eigenvalue weighted by atomic mass is 10.2. The van der Waals surface area contributed by atoms with Crippen LogP contribution in [-0.2, 0) is 13.1 Å². The molecule has 4 heteroatoms. The third-order valence-electron chi connectivity index (χ3n) is 3.04. The molecule has 0 atom stereocenters. The van der Waals surface area contributed by atoms with Gasteiger partial charge in [0.2, 0.25) is 0 Å². The molecule has 1 aromatic carbocycles. The SMILES string of the molecule is CSc1c2n(c3ccccc13)CCNC2.Cl. The highest BCUT2D eigenvalue weighted by Gasteiger charge is 2.17. The van der Waals surface area contributed by atoms with E-state index < -0.39 is 0 Å². The molecule has 0 spiro atoms. The zero-order valence-corrected chi connectivity index (χ0v) is 10.8. The number of thioether (sulfide) groups is 1. The summed E-state index contributed by atoms with van der Waals surface area (Å²) in [4.78, 5) is 1.44. The molecule has 2 aromatic rings. The highest BCUT2D eigenvalue weighted by Crippen LogP contribution is 2.33. The van der Waals surface area contributed by atoms with Gasteiger partial charge in [0.15, 0.2) is 0 Å². The molecule has 0 fully saturated rings. The molecular weight excluding hydrogens is 240 g/mol. The number of hydrogen-bond acceptors (Lipinski definition) is 2. The van der Waals surface area contributed by atoms with E-state index >= 15 is 0 Å². The van der Waals surface area contributed by atoms with Crippen LogP contribution < -0.4 is 5.32 Å². The average molecular weight is 255 g/mol. The molecule has 0 unspecified atom stereocenters. The van der Waals surface area contributed by atoms with Gasteiger partial charge in [0.1, 0.15) is 0 Å². The molecule has 0 saturated carbocycles. The summed E-state index contributed by atoms with van der Waals surface area (Å²) >= 11 is 1.86. The highest BCUT2D eigenvalue weighted by molar-refractivity contribution is 7.98. The van der Waals surface area contributed by atoms with E-state index in [1.807, 2.05) is 11.8 Å². The van der Waals surface area contributed by atoms with Gasteiger partial charge in [-0.05, 0) is 12.3 Å². The lowest BCUT2D eigenvalue weighted by molar-refractivity contribution is 0.520. The van der Waals surface area contributed by atoms with Crippen molar-refractivity contribution in [3.8, 4) is 0 Å². The van der Waals surface area contributed by atoms with Crippen LogP contribution in [0.3, 0.4) is 0 Å². The first kappa shape index (κ1) is 11.8. The number of hydrogen-bond donors (Lipinski definition) is 1. The number of rotatable bonds is 1. The molecule has 1 aliphatic heterocycles. The van der Waals surface area contributed by atoms with Crippen LogP contribution in [-0.4, -0.2) is 17.4 Å². The van der Waals surface area contributed by atoms with Crippen LogP contribution in [0.5, 0.6) is 0 Å². The number of fused-ring (bicyclic) bond motifs is 3. The molecule has 0 bridgehead atoms. The number of nitrogens with one attached hydrogen (secondary N) is 1. The summed E-state index contributed by atoms with van der Waals surface area (Å²) < 4.78 is 2.46. The molecule has 1 N–H and O–H groups in total. The molecule has 16 heavy (non-hydrogen) atoms. The van der Waals surface area contributed by atoms with E-state index in [-0.39, 0.29) is 12.4 Å². The molecule has 2 heterocycles. The summed E-state index contributed by atoms with van der Waals surface area (Å²) in [7, 11) is 0. The monoisotopic (exact) mass is 254 g/mol. The van der Waals surface area contributed by atoms with E-state index in [0.717, 1.165) is 19.6 Å². The van der Waals surface area contributed by atoms with Crippen molar-refractivity contribution in [3.63, 3.8) is 0 Å². The Morgan fingerprint density at radius 2 is 2.12 bits per heavy atom. The van der Waals surface area contributed by atoms with Gasteiger partial charge < -0.3 is 9.88 Å². The number of para-hydroxylation sites is 1. The van der Waals surface area contributed by atoms with E-state index in [1.54, 1.807) is 0 Å². The minimum absolute atomic E-state index is 0. The standard InChI is InChI=1S/C12H14N2S.ClH/c1-15-12-9-4-2-3-5-10(9)14-7-6-13-8-11(12)14;/h2-5,13H,6-8H2,1H3;1H. The smallest absolute Gasteiger partial charge is 0.0495 e. The Labute approximate surface area is 106 Å². The van der Waals surface area contributed by atoms with Crippen molar-refractivity contribution in [3.05, 3.63) is 30.0 Å². The summed E-state index contributed by atoms with van der Waals surface area (Å²) in [6.07, 6.45) is 2.16. The van der Waals surface area contributed by atoms with E-state index in [0.29, 0.717) is 0 Å². The summed E-state index contributed by atoms with van der Waals surface area (Å²) in [5, 5.41) is 4.85. The Morgan fingerprint density at radius 1 is 1.31 bits per heavy atom. The number of halogens is 1. The average Bonchev–Trinajstić information content (AvgIpc) is 2.63. The van der Waals surface area contributed by atoms with Crippen molar-refractivity contribution >= 4 is 35.1 Å². The predicted molar refractivity (Wildman–Crippen MR) is 72.7 cm³/mol. The van der Waals surface area contributed by atoms with Gasteiger partial charge in [-0.25, -0.2) is 0 Å². The first-order valence-electron chi connectivity index (χ1n) is 5.26. The van der Waals surface area contributed by atoms with Crippen molar-refractivity contribution in [2.45, 2.75) is 18.0 Å². The van der Waals surface area contributed by atoms with E-state index in [4.69, 9.17) is 0 Å². The minimum Gasteiger partial charge on any atom is -0.341 e. The van der Waals surface area contributed by atoms with Crippen molar-refractivity contribution < 1.29 is 0 Å². The molecular formula is C12H15ClN2S. The van der Waals surface area contributed by atoms with Gasteiger partial charge >= 0.3 is 0 Å². The van der Waals surface area contributed by atoms with Crippen LogP contribution in [0.15, 0.2) is 29.2 Å². The number of nitrogens with zero attached hydrogens (tertiary/aromatic N) is 1. The first-order valence-corrected chi connectivity index (χ1v) is 6.49. The first-order chi connectivity index (χ1) is 7.42. The Morgan fingerprint density at radius 3 is 2.94 bits per heavy atom. The van der Waals surface area contributed by atoms with Crippen LogP contribution in [0.25, 0.3) is 10.9 Å². The van der Waals surface area contributed by atoms with Crippen molar-refractivity contribution in [2.24, 2.45) is 0 Å². The van der Waals surface area contributed by atoms with Crippen molar-refractivity contribution in [1.82, 2.24) is 9.88 Å². The lowest BCUT2D eigenvalue weighted by Crippen LogP contribution is -2.27. The van der Waals surface area contributed by atoms with E-state index in [1.165, 1.54) is 21.5 Å². The van der Waals surface area contributed by atoms with Gasteiger partial charge in [0, 0.05) is 41.1 Å². The normalized spacial score (nSPS) is 14.6. The van der Waals surface area contributed by atoms with E-state index in [9.17, 15) is 0 Å². The largest absolute Gasteiger partial charge is 0.341 e. The second-order valence-electron chi connectivity index (χ2n) is 3.83. The van der Waals surface area contributed by atoms with Gasteiger partial charge in [-0.3, -0.25) is 0 Å². The maximum Gasteiger partial charge on any atom is 0.0495 e. The topological polar surface area (TPSA) is 17.0 Å². The second-order valence-corrected chi connectivity index (χ2v) is 4.64. The van der Waals surface area contributed by atoms with Gasteiger partial charge in [-0.15, -0.1) is 24.2 Å². The maximum atomic E-state index is 3.44. The van der Waals surface area contributed by atoms with Gasteiger partial charge in [-0.1, -0.05) is 18.2 Å². The molecule has 3 rings (SSSR count). The van der Waals surface area contributed by atoms with Crippen LogP contribution in [0.4, 0.5) is 0 Å². The van der Waals surface area contributed by atoms with Crippen LogP contribution in [0, 0.1) is 0 Å². The van der Waals surface area contributed by atoms with Crippen LogP contribution >= 0.6 is 24.2 Å². The van der Waals surface area contributed by atoms with Crippen LogP contribution in [0.1, 0.15) is 5.69 Å². The molecule has 0 amide bonds.